The molecule has 0 aliphatic carbocycles. The fraction of sp³-hybridized carbons (Fsp3) is 0.421. The van der Waals surface area contributed by atoms with Crippen molar-refractivity contribution >= 4 is 23.3 Å². The van der Waals surface area contributed by atoms with Gasteiger partial charge in [0.1, 0.15) is 17.3 Å². The van der Waals surface area contributed by atoms with Crippen LogP contribution in [0.1, 0.15) is 32.8 Å². The number of aryl methyl sites for hydroxylation is 1. The predicted molar refractivity (Wildman–Crippen MR) is 101 cm³/mol. The molecule has 1 aromatic rings. The molecule has 0 radical (unpaired) electrons. The van der Waals surface area contributed by atoms with Crippen molar-refractivity contribution in [3.05, 3.63) is 41.2 Å². The molecule has 0 spiro atoms. The number of aliphatic hydroxyl groups is 1. The minimum Gasteiger partial charge on any atom is -0.394 e. The average molecular weight is 379 g/mol. The van der Waals surface area contributed by atoms with Gasteiger partial charge in [0.05, 0.1) is 18.8 Å². The van der Waals surface area contributed by atoms with Crippen molar-refractivity contribution < 1.29 is 23.9 Å². The van der Waals surface area contributed by atoms with Crippen LogP contribution in [0.15, 0.2) is 34.8 Å². The zero-order valence-corrected chi connectivity index (χ0v) is 16.1. The third-order valence-corrected chi connectivity index (χ3v) is 3.77. The number of hydroxylamine groups is 1. The normalized spacial score (nSPS) is 12.1. The molecule has 8 heteroatoms. The number of hydrogen-bond acceptors (Lipinski definition) is 5. The third kappa shape index (κ3) is 6.26. The van der Waals surface area contributed by atoms with E-state index in [4.69, 9.17) is 9.94 Å². The molecule has 0 atom stereocenters. The maximum Gasteiger partial charge on any atom is 0.278 e. The molecule has 0 aliphatic heterocycles. The predicted octanol–water partition coefficient (Wildman–Crippen LogP) is 2.27. The largest absolute Gasteiger partial charge is 0.394 e. The number of benzene rings is 1. The monoisotopic (exact) mass is 379 g/mol. The zero-order valence-electron chi connectivity index (χ0n) is 16.1. The maximum absolute atomic E-state index is 14.4. The number of carbonyl (C=O) groups is 2. The first kappa shape index (κ1) is 22.5. The van der Waals surface area contributed by atoms with Crippen molar-refractivity contribution in [1.82, 2.24) is 10.4 Å². The van der Waals surface area contributed by atoms with Crippen molar-refractivity contribution in [3.63, 3.8) is 0 Å². The molecule has 0 fully saturated rings. The highest BCUT2D eigenvalue weighted by atomic mass is 19.1. The Labute approximate surface area is 158 Å². The quantitative estimate of drug-likeness (QED) is 0.238. The second-order valence-electron chi connectivity index (χ2n) is 5.59. The van der Waals surface area contributed by atoms with Gasteiger partial charge in [-0.2, -0.15) is 0 Å². The fourth-order valence-electron chi connectivity index (χ4n) is 2.23. The number of amidine groups is 1. The minimum atomic E-state index is -0.661. The highest BCUT2D eigenvalue weighted by molar-refractivity contribution is 6.24. The SMILES string of the molecule is C/C=C(/C(=O)NOCCO)C(=Nc1ccc(CC)cc1F)N(C)C(=O)CC. The lowest BCUT2D eigenvalue weighted by Crippen LogP contribution is -2.39. The Bertz CT molecular complexity index is 732. The van der Waals surface area contributed by atoms with Crippen LogP contribution in [0.25, 0.3) is 0 Å². The molecule has 2 N–H and O–H groups in total. The Morgan fingerprint density at radius 3 is 2.59 bits per heavy atom. The molecule has 148 valence electrons. The Balaban J connectivity index is 3.34. The zero-order chi connectivity index (χ0) is 20.4. The van der Waals surface area contributed by atoms with Crippen LogP contribution in [0.3, 0.4) is 0 Å². The van der Waals surface area contributed by atoms with Gasteiger partial charge in [0.15, 0.2) is 0 Å². The van der Waals surface area contributed by atoms with E-state index in [0.29, 0.717) is 6.42 Å². The summed E-state index contributed by atoms with van der Waals surface area (Å²) < 4.78 is 14.4. The van der Waals surface area contributed by atoms with E-state index in [2.05, 4.69) is 10.5 Å². The molecule has 0 unspecified atom stereocenters. The molecule has 1 rings (SSSR count). The van der Waals surface area contributed by atoms with Gasteiger partial charge in [-0.15, -0.1) is 0 Å². The Kier molecular flexibility index (Phi) is 9.32. The van der Waals surface area contributed by atoms with Gasteiger partial charge >= 0.3 is 0 Å². The Morgan fingerprint density at radius 2 is 2.07 bits per heavy atom. The van der Waals surface area contributed by atoms with Crippen molar-refractivity contribution in [2.45, 2.75) is 33.6 Å². The number of carbonyl (C=O) groups excluding carboxylic acids is 2. The number of nitrogens with zero attached hydrogens (tertiary/aromatic N) is 2. The van der Waals surface area contributed by atoms with Crippen LogP contribution in [-0.4, -0.2) is 47.9 Å². The number of amides is 2. The Hall–Kier alpha value is -2.58. The van der Waals surface area contributed by atoms with E-state index < -0.39 is 11.7 Å². The minimum absolute atomic E-state index is 0.00223. The molecule has 0 heterocycles. The summed E-state index contributed by atoms with van der Waals surface area (Å²) in [6.45, 7) is 4.82. The summed E-state index contributed by atoms with van der Waals surface area (Å²) >= 11 is 0. The molecular formula is C19H26FN3O4. The van der Waals surface area contributed by atoms with E-state index >= 15 is 0 Å². The lowest BCUT2D eigenvalue weighted by atomic mass is 10.1. The molecule has 1 aromatic carbocycles. The summed E-state index contributed by atoms with van der Waals surface area (Å²) in [6, 6.07) is 4.62. The smallest absolute Gasteiger partial charge is 0.278 e. The molecule has 0 bridgehead atoms. The first-order chi connectivity index (χ1) is 12.9. The average Bonchev–Trinajstić information content (AvgIpc) is 2.67. The number of nitrogens with one attached hydrogen (secondary N) is 1. The standard InChI is InChI=1S/C19H26FN3O4/c1-5-13-8-9-16(15(20)12-13)21-18(23(4)17(25)7-3)14(6-2)19(26)22-27-11-10-24/h6,8-9,12,24H,5,7,10-11H2,1-4H3,(H,22,26)/b14-6+,21-18?. The second kappa shape index (κ2) is 11.2. The summed E-state index contributed by atoms with van der Waals surface area (Å²) in [5.74, 6) is -1.50. The van der Waals surface area contributed by atoms with Crippen molar-refractivity contribution in [2.75, 3.05) is 20.3 Å². The van der Waals surface area contributed by atoms with Gasteiger partial charge < -0.3 is 5.11 Å². The van der Waals surface area contributed by atoms with Crippen LogP contribution in [0, 0.1) is 5.82 Å². The van der Waals surface area contributed by atoms with Crippen molar-refractivity contribution in [3.8, 4) is 0 Å². The Morgan fingerprint density at radius 1 is 1.37 bits per heavy atom. The topological polar surface area (TPSA) is 91.2 Å². The van der Waals surface area contributed by atoms with E-state index in [1.54, 1.807) is 19.9 Å². The van der Waals surface area contributed by atoms with Crippen LogP contribution in [-0.2, 0) is 20.8 Å². The number of rotatable bonds is 8. The number of likely N-dealkylation sites (N-methyl/N-ethyl adjacent to an activating group) is 1. The van der Waals surface area contributed by atoms with Crippen LogP contribution in [0.4, 0.5) is 10.1 Å². The van der Waals surface area contributed by atoms with Crippen molar-refractivity contribution in [2.24, 2.45) is 4.99 Å². The van der Waals surface area contributed by atoms with Gasteiger partial charge in [0.25, 0.3) is 5.91 Å². The first-order valence-electron chi connectivity index (χ1n) is 8.72. The van der Waals surface area contributed by atoms with Gasteiger partial charge in [0, 0.05) is 13.5 Å². The third-order valence-electron chi connectivity index (χ3n) is 3.77. The van der Waals surface area contributed by atoms with Crippen molar-refractivity contribution in [1.29, 1.82) is 0 Å². The van der Waals surface area contributed by atoms with Gasteiger partial charge in [-0.25, -0.2) is 14.9 Å². The lowest BCUT2D eigenvalue weighted by molar-refractivity contribution is -0.129. The lowest BCUT2D eigenvalue weighted by Gasteiger charge is -2.21. The van der Waals surface area contributed by atoms with E-state index in [-0.39, 0.29) is 42.6 Å². The highest BCUT2D eigenvalue weighted by Crippen LogP contribution is 2.22. The van der Waals surface area contributed by atoms with Crippen LogP contribution >= 0.6 is 0 Å². The van der Waals surface area contributed by atoms with Gasteiger partial charge in [-0.05, 0) is 31.0 Å². The number of halogens is 1. The summed E-state index contributed by atoms with van der Waals surface area (Å²) in [4.78, 5) is 34.8. The molecule has 0 aliphatic rings. The molecule has 27 heavy (non-hydrogen) atoms. The number of aliphatic imine (C=N–C) groups is 1. The van der Waals surface area contributed by atoms with Crippen LogP contribution in [0.5, 0.6) is 0 Å². The highest BCUT2D eigenvalue weighted by Gasteiger charge is 2.23. The van der Waals surface area contributed by atoms with E-state index in [1.165, 1.54) is 30.2 Å². The summed E-state index contributed by atoms with van der Waals surface area (Å²) in [5.41, 5.74) is 3.03. The molecule has 0 saturated heterocycles. The summed E-state index contributed by atoms with van der Waals surface area (Å²) in [5, 5.41) is 8.74. The number of allylic oxidation sites excluding steroid dienone is 1. The number of hydrogen-bond donors (Lipinski definition) is 2. The van der Waals surface area contributed by atoms with E-state index in [9.17, 15) is 14.0 Å². The number of aliphatic hydroxyl groups excluding tert-OH is 1. The van der Waals surface area contributed by atoms with E-state index in [0.717, 1.165) is 5.56 Å². The first-order valence-corrected chi connectivity index (χ1v) is 8.72. The van der Waals surface area contributed by atoms with Gasteiger partial charge in [0.2, 0.25) is 5.91 Å². The maximum atomic E-state index is 14.4. The van der Waals surface area contributed by atoms with Gasteiger partial charge in [-0.3, -0.25) is 19.3 Å². The summed E-state index contributed by atoms with van der Waals surface area (Å²) in [7, 11) is 1.47. The molecule has 2 amide bonds. The second-order valence-corrected chi connectivity index (χ2v) is 5.59. The fourth-order valence-corrected chi connectivity index (χ4v) is 2.23. The molecule has 7 nitrogen and oxygen atoms in total. The van der Waals surface area contributed by atoms with Crippen LogP contribution < -0.4 is 5.48 Å². The summed E-state index contributed by atoms with van der Waals surface area (Å²) in [6.07, 6.45) is 2.31. The van der Waals surface area contributed by atoms with Gasteiger partial charge in [-0.1, -0.05) is 26.0 Å². The molecule has 0 aromatic heterocycles. The molecular weight excluding hydrogens is 353 g/mol. The van der Waals surface area contributed by atoms with E-state index in [1.807, 2.05) is 6.92 Å². The van der Waals surface area contributed by atoms with Crippen LogP contribution in [0.2, 0.25) is 0 Å². The molecule has 0 saturated carbocycles.